The fourth-order valence-corrected chi connectivity index (χ4v) is 3.94. The Morgan fingerprint density at radius 1 is 1.07 bits per heavy atom. The lowest BCUT2D eigenvalue weighted by atomic mass is 9.98. The van der Waals surface area contributed by atoms with Crippen LogP contribution < -0.4 is 0 Å². The second-order valence-corrected chi connectivity index (χ2v) is 6.82. The Morgan fingerprint density at radius 2 is 1.70 bits per heavy atom. The molecule has 0 bridgehead atoms. The van der Waals surface area contributed by atoms with E-state index in [9.17, 15) is 9.59 Å². The summed E-state index contributed by atoms with van der Waals surface area (Å²) in [6.07, 6.45) is -0.629. The van der Waals surface area contributed by atoms with Gasteiger partial charge in [-0.25, -0.2) is 4.79 Å². The number of ether oxygens (including phenoxy) is 2. The first-order chi connectivity index (χ1) is 13.1. The summed E-state index contributed by atoms with van der Waals surface area (Å²) in [7, 11) is 0. The number of morpholine rings is 1. The molecule has 2 aromatic carbocycles. The van der Waals surface area contributed by atoms with Gasteiger partial charge in [-0.3, -0.25) is 4.79 Å². The zero-order valence-corrected chi connectivity index (χ0v) is 14.8. The summed E-state index contributed by atoms with van der Waals surface area (Å²) >= 11 is 0. The molecule has 0 spiro atoms. The molecule has 1 fully saturated rings. The van der Waals surface area contributed by atoms with Crippen LogP contribution in [0.5, 0.6) is 0 Å². The minimum Gasteiger partial charge on any atom is -0.481 e. The van der Waals surface area contributed by atoms with Gasteiger partial charge in [-0.05, 0) is 22.3 Å². The average Bonchev–Trinajstić information content (AvgIpc) is 3.00. The van der Waals surface area contributed by atoms with E-state index in [1.54, 1.807) is 0 Å². The maximum absolute atomic E-state index is 12.6. The number of carboxylic acids is 1. The largest absolute Gasteiger partial charge is 0.481 e. The number of hydrogen-bond donors (Lipinski definition) is 1. The molecule has 1 atom stereocenters. The van der Waals surface area contributed by atoms with Crippen LogP contribution in [0.25, 0.3) is 11.1 Å². The first-order valence-electron chi connectivity index (χ1n) is 9.06. The molecule has 2 aromatic rings. The third-order valence-corrected chi connectivity index (χ3v) is 5.21. The van der Waals surface area contributed by atoms with E-state index in [-0.39, 0.29) is 25.6 Å². The SMILES string of the molecule is O=C(O)C[C@@H]1COCCN1C(=O)OCC1c2ccccc2-c2ccccc21. The Bertz CT molecular complexity index is 820. The van der Waals surface area contributed by atoms with Gasteiger partial charge in [-0.2, -0.15) is 0 Å². The van der Waals surface area contributed by atoms with Crippen LogP contribution in [0, 0.1) is 0 Å². The summed E-state index contributed by atoms with van der Waals surface area (Å²) in [6.45, 7) is 1.18. The standard InChI is InChI=1S/C21H21NO5/c23-20(24)11-14-12-26-10-9-22(14)21(25)27-13-19-17-7-3-1-5-15(17)16-6-2-4-8-18(16)19/h1-8,14,19H,9-13H2,(H,23,24)/t14-/m1/s1. The Balaban J connectivity index is 1.50. The molecule has 27 heavy (non-hydrogen) atoms. The van der Waals surface area contributed by atoms with Gasteiger partial charge in [0.1, 0.15) is 6.61 Å². The fourth-order valence-electron chi connectivity index (χ4n) is 3.94. The molecular weight excluding hydrogens is 346 g/mol. The van der Waals surface area contributed by atoms with Crippen LogP contribution in [0.4, 0.5) is 4.79 Å². The number of hydrogen-bond acceptors (Lipinski definition) is 4. The van der Waals surface area contributed by atoms with Gasteiger partial charge in [-0.15, -0.1) is 0 Å². The van der Waals surface area contributed by atoms with Gasteiger partial charge >= 0.3 is 12.1 Å². The lowest BCUT2D eigenvalue weighted by Crippen LogP contribution is -2.49. The second-order valence-electron chi connectivity index (χ2n) is 6.82. The molecule has 1 amide bonds. The van der Waals surface area contributed by atoms with Gasteiger partial charge in [0.15, 0.2) is 0 Å². The van der Waals surface area contributed by atoms with Crippen LogP contribution >= 0.6 is 0 Å². The molecule has 6 heteroatoms. The normalized spacial score (nSPS) is 18.7. The zero-order valence-electron chi connectivity index (χ0n) is 14.8. The minimum atomic E-state index is -0.957. The van der Waals surface area contributed by atoms with E-state index >= 15 is 0 Å². The topological polar surface area (TPSA) is 76.1 Å². The molecule has 1 saturated heterocycles. The number of fused-ring (bicyclic) bond motifs is 3. The fraction of sp³-hybridized carbons (Fsp3) is 0.333. The average molecular weight is 367 g/mol. The van der Waals surface area contributed by atoms with Crippen molar-refractivity contribution < 1.29 is 24.2 Å². The number of carboxylic acid groups (broad SMARTS) is 1. The van der Waals surface area contributed by atoms with Crippen molar-refractivity contribution in [2.75, 3.05) is 26.4 Å². The Labute approximate surface area is 157 Å². The molecule has 1 heterocycles. The quantitative estimate of drug-likeness (QED) is 0.899. The van der Waals surface area contributed by atoms with E-state index in [4.69, 9.17) is 14.6 Å². The van der Waals surface area contributed by atoms with Crippen LogP contribution in [0.2, 0.25) is 0 Å². The van der Waals surface area contributed by atoms with E-state index in [2.05, 4.69) is 24.3 Å². The number of nitrogens with zero attached hydrogens (tertiary/aromatic N) is 1. The lowest BCUT2D eigenvalue weighted by molar-refractivity contribution is -0.139. The second kappa shape index (κ2) is 7.40. The molecular formula is C21H21NO5. The number of benzene rings is 2. The predicted molar refractivity (Wildman–Crippen MR) is 98.6 cm³/mol. The molecule has 0 radical (unpaired) electrons. The lowest BCUT2D eigenvalue weighted by Gasteiger charge is -2.34. The van der Waals surface area contributed by atoms with Crippen LogP contribution in [0.3, 0.4) is 0 Å². The number of carbonyl (C=O) groups excluding carboxylic acids is 1. The number of amides is 1. The number of aliphatic carboxylic acids is 1. The molecule has 4 rings (SSSR count). The van der Waals surface area contributed by atoms with Crippen LogP contribution in [-0.2, 0) is 14.3 Å². The molecule has 0 saturated carbocycles. The first-order valence-corrected chi connectivity index (χ1v) is 9.06. The van der Waals surface area contributed by atoms with Crippen molar-refractivity contribution in [3.05, 3.63) is 59.7 Å². The third kappa shape index (κ3) is 3.40. The highest BCUT2D eigenvalue weighted by Gasteiger charge is 2.33. The molecule has 2 aliphatic rings. The van der Waals surface area contributed by atoms with Crippen molar-refractivity contribution in [1.29, 1.82) is 0 Å². The summed E-state index contributed by atoms with van der Waals surface area (Å²) in [5, 5.41) is 9.05. The Hall–Kier alpha value is -2.86. The maximum atomic E-state index is 12.6. The van der Waals surface area contributed by atoms with E-state index in [1.807, 2.05) is 24.3 Å². The van der Waals surface area contributed by atoms with Crippen LogP contribution in [0.1, 0.15) is 23.5 Å². The molecule has 1 N–H and O–H groups in total. The molecule has 0 unspecified atom stereocenters. The van der Waals surface area contributed by atoms with Crippen molar-refractivity contribution in [2.45, 2.75) is 18.4 Å². The predicted octanol–water partition coefficient (Wildman–Crippen LogP) is 3.11. The maximum Gasteiger partial charge on any atom is 0.410 e. The summed E-state index contributed by atoms with van der Waals surface area (Å²) < 4.78 is 11.0. The Kier molecular flexibility index (Phi) is 4.81. The summed E-state index contributed by atoms with van der Waals surface area (Å²) in [5.41, 5.74) is 4.64. The molecule has 1 aliphatic heterocycles. The molecule has 0 aromatic heterocycles. The summed E-state index contributed by atoms with van der Waals surface area (Å²) in [6, 6.07) is 15.8. The molecule has 1 aliphatic carbocycles. The van der Waals surface area contributed by atoms with E-state index < -0.39 is 18.1 Å². The van der Waals surface area contributed by atoms with Gasteiger partial charge in [0.25, 0.3) is 0 Å². The zero-order chi connectivity index (χ0) is 18.8. The highest BCUT2D eigenvalue weighted by Crippen LogP contribution is 2.44. The van der Waals surface area contributed by atoms with Gasteiger partial charge in [0.2, 0.25) is 0 Å². The minimum absolute atomic E-state index is 0.0136. The van der Waals surface area contributed by atoms with E-state index in [0.29, 0.717) is 13.2 Å². The summed E-state index contributed by atoms with van der Waals surface area (Å²) in [5.74, 6) is -0.970. The first kappa shape index (κ1) is 17.5. The van der Waals surface area contributed by atoms with Gasteiger partial charge in [0.05, 0.1) is 25.7 Å². The molecule has 140 valence electrons. The van der Waals surface area contributed by atoms with E-state index in [0.717, 1.165) is 11.1 Å². The summed E-state index contributed by atoms with van der Waals surface area (Å²) in [4.78, 5) is 25.1. The van der Waals surface area contributed by atoms with Gasteiger partial charge in [0, 0.05) is 12.5 Å². The van der Waals surface area contributed by atoms with Crippen molar-refractivity contribution in [1.82, 2.24) is 4.90 Å². The van der Waals surface area contributed by atoms with Crippen molar-refractivity contribution >= 4 is 12.1 Å². The monoisotopic (exact) mass is 367 g/mol. The number of carbonyl (C=O) groups is 2. The van der Waals surface area contributed by atoms with Crippen LogP contribution in [0.15, 0.2) is 48.5 Å². The van der Waals surface area contributed by atoms with Gasteiger partial charge in [-0.1, -0.05) is 48.5 Å². The highest BCUT2D eigenvalue weighted by molar-refractivity contribution is 5.79. The Morgan fingerprint density at radius 3 is 2.33 bits per heavy atom. The van der Waals surface area contributed by atoms with Crippen molar-refractivity contribution in [2.24, 2.45) is 0 Å². The molecule has 6 nitrogen and oxygen atoms in total. The number of rotatable bonds is 4. The van der Waals surface area contributed by atoms with Crippen molar-refractivity contribution in [3.8, 4) is 11.1 Å². The van der Waals surface area contributed by atoms with Gasteiger partial charge < -0.3 is 19.5 Å². The van der Waals surface area contributed by atoms with Crippen LogP contribution in [-0.4, -0.2) is 54.5 Å². The third-order valence-electron chi connectivity index (χ3n) is 5.21. The highest BCUT2D eigenvalue weighted by atomic mass is 16.6. The van der Waals surface area contributed by atoms with Crippen molar-refractivity contribution in [3.63, 3.8) is 0 Å². The smallest absolute Gasteiger partial charge is 0.410 e. The van der Waals surface area contributed by atoms with E-state index in [1.165, 1.54) is 16.0 Å².